The molecule has 3 aromatic rings. The molecule has 0 aliphatic carbocycles. The van der Waals surface area contributed by atoms with Crippen LogP contribution in [0.15, 0.2) is 34.3 Å². The van der Waals surface area contributed by atoms with Gasteiger partial charge in [0, 0.05) is 12.4 Å². The normalized spacial score (nSPS) is 11.3. The molecular weight excluding hydrogens is 603 g/mol. The molecule has 220 valence electrons. The van der Waals surface area contributed by atoms with E-state index in [0.29, 0.717) is 13.2 Å². The molecule has 0 fully saturated rings. The zero-order valence-corrected chi connectivity index (χ0v) is 28.4. The molecule has 0 N–H and O–H groups in total. The van der Waals surface area contributed by atoms with Crippen LogP contribution in [0.25, 0.3) is 0 Å². The Hall–Kier alpha value is -1.82. The molecule has 40 heavy (non-hydrogen) atoms. The standard InChI is InChI=1S/C32H42N2O2S.2ClH.Fe/c1-9-11-13-35-31-27(19-33-29-23(5)15-21(3)16-24(29)6)37-28(32(31)36-14-12-10-2)20-34-30-25(7)17-22(4)18-26(30)8;;;/h15-20H,9-14H2,1-8H3;2*1H;/q;;;+2/p-2. The Labute approximate surface area is 259 Å². The van der Waals surface area contributed by atoms with Crippen molar-refractivity contribution in [2.75, 3.05) is 13.2 Å². The van der Waals surface area contributed by atoms with E-state index in [2.05, 4.69) is 79.7 Å². The summed E-state index contributed by atoms with van der Waals surface area (Å²) >= 11 is 1.82. The first-order valence-electron chi connectivity index (χ1n) is 13.7. The fraction of sp³-hybridized carbons (Fsp3) is 0.438. The van der Waals surface area contributed by atoms with Crippen molar-refractivity contribution in [2.45, 2.75) is 81.1 Å². The average molecular weight is 646 g/mol. The minimum atomic E-state index is 0.194. The van der Waals surface area contributed by atoms with Gasteiger partial charge in [-0.3, -0.25) is 9.98 Å². The van der Waals surface area contributed by atoms with Gasteiger partial charge in [-0.25, -0.2) is 0 Å². The molecule has 0 amide bonds. The van der Waals surface area contributed by atoms with Gasteiger partial charge in [0.25, 0.3) is 0 Å². The first kappa shape index (κ1) is 34.4. The third-order valence-electron chi connectivity index (χ3n) is 6.25. The Bertz CT molecular complexity index is 1160. The van der Waals surface area contributed by atoms with Crippen molar-refractivity contribution in [3.05, 3.63) is 67.4 Å². The second-order valence-electron chi connectivity index (χ2n) is 9.95. The Morgan fingerprint density at radius 2 is 1.00 bits per heavy atom. The fourth-order valence-electron chi connectivity index (χ4n) is 4.51. The number of aliphatic imine (C=N–C) groups is 2. The topological polar surface area (TPSA) is 43.2 Å². The molecule has 0 aliphatic heterocycles. The first-order chi connectivity index (χ1) is 19.2. The van der Waals surface area contributed by atoms with Crippen LogP contribution in [0.2, 0.25) is 0 Å². The Balaban J connectivity index is 0.00000178. The van der Waals surface area contributed by atoms with Crippen molar-refractivity contribution in [3.8, 4) is 11.5 Å². The van der Waals surface area contributed by atoms with Gasteiger partial charge in [-0.05, 0) is 76.6 Å². The van der Waals surface area contributed by atoms with Crippen LogP contribution in [-0.4, -0.2) is 25.6 Å². The molecule has 0 bridgehead atoms. The van der Waals surface area contributed by atoms with Crippen LogP contribution in [-0.2, 0) is 13.1 Å². The van der Waals surface area contributed by atoms with Gasteiger partial charge in [-0.15, -0.1) is 11.3 Å². The zero-order chi connectivity index (χ0) is 29.7. The summed E-state index contributed by atoms with van der Waals surface area (Å²) in [6.45, 7) is 18.3. The molecule has 8 heteroatoms. The van der Waals surface area contributed by atoms with Crippen LogP contribution in [0.1, 0.15) is 82.7 Å². The summed E-state index contributed by atoms with van der Waals surface area (Å²) in [6.07, 6.45) is 7.99. The summed E-state index contributed by atoms with van der Waals surface area (Å²) in [5, 5.41) is 0. The maximum atomic E-state index is 6.34. The van der Waals surface area contributed by atoms with Gasteiger partial charge in [-0.2, -0.15) is 0 Å². The summed E-state index contributed by atoms with van der Waals surface area (Å²) in [6, 6.07) is 8.71. The molecule has 0 aliphatic rings. The number of hydrogen-bond acceptors (Lipinski definition) is 5. The van der Waals surface area contributed by atoms with Crippen LogP contribution in [0.5, 0.6) is 11.5 Å². The van der Waals surface area contributed by atoms with Crippen molar-refractivity contribution in [2.24, 2.45) is 9.98 Å². The third-order valence-corrected chi connectivity index (χ3v) is 7.28. The van der Waals surface area contributed by atoms with E-state index in [1.807, 2.05) is 12.4 Å². The molecule has 0 radical (unpaired) electrons. The number of ether oxygens (including phenoxy) is 2. The van der Waals surface area contributed by atoms with E-state index >= 15 is 0 Å². The third kappa shape index (κ3) is 10.2. The molecule has 0 atom stereocenters. The van der Waals surface area contributed by atoms with Crippen molar-refractivity contribution >= 4 is 55.3 Å². The number of rotatable bonds is 12. The van der Waals surface area contributed by atoms with Gasteiger partial charge < -0.3 is 9.47 Å². The molecule has 1 aromatic heterocycles. The monoisotopic (exact) mass is 644 g/mol. The summed E-state index contributed by atoms with van der Waals surface area (Å²) in [5.74, 6) is 1.55. The van der Waals surface area contributed by atoms with E-state index in [1.165, 1.54) is 33.4 Å². The Morgan fingerprint density at radius 1 is 0.675 bits per heavy atom. The Morgan fingerprint density at radius 3 is 1.30 bits per heavy atom. The van der Waals surface area contributed by atoms with Crippen LogP contribution < -0.4 is 9.47 Å². The number of benzene rings is 2. The number of nitrogens with zero attached hydrogens (tertiary/aromatic N) is 2. The molecule has 0 spiro atoms. The van der Waals surface area contributed by atoms with Crippen LogP contribution in [0.3, 0.4) is 0 Å². The van der Waals surface area contributed by atoms with Crippen molar-refractivity contribution in [3.63, 3.8) is 0 Å². The molecule has 0 saturated heterocycles. The van der Waals surface area contributed by atoms with Gasteiger partial charge in [0.1, 0.15) is 0 Å². The SMILES string of the molecule is CCCCOc1c(C=Nc2c(C)cc(C)cc2C)sc(C=Nc2c(C)cc(C)cc2C)c1OCCCC.[Cl][Fe][Cl]. The van der Waals surface area contributed by atoms with Gasteiger partial charge in [-0.1, -0.05) is 62.1 Å². The van der Waals surface area contributed by atoms with Crippen molar-refractivity contribution < 1.29 is 22.6 Å². The number of hydrogen-bond donors (Lipinski definition) is 0. The molecule has 1 heterocycles. The molecule has 2 aromatic carbocycles. The van der Waals surface area contributed by atoms with Crippen LogP contribution in [0, 0.1) is 41.5 Å². The number of halogens is 2. The van der Waals surface area contributed by atoms with Crippen LogP contribution >= 0.6 is 31.5 Å². The maximum absolute atomic E-state index is 6.34. The average Bonchev–Trinajstić information content (AvgIpc) is 3.19. The second-order valence-corrected chi connectivity index (χ2v) is 12.9. The van der Waals surface area contributed by atoms with Gasteiger partial charge in [0.15, 0.2) is 11.5 Å². The predicted molar refractivity (Wildman–Crippen MR) is 173 cm³/mol. The second kappa shape index (κ2) is 17.9. The van der Waals surface area contributed by atoms with E-state index in [-0.39, 0.29) is 13.1 Å². The summed E-state index contributed by atoms with van der Waals surface area (Å²) < 4.78 is 12.7. The number of thiophene rings is 1. The molecule has 3 rings (SSSR count). The molecule has 0 saturated carbocycles. The number of unbranched alkanes of at least 4 members (excludes halogenated alkanes) is 2. The molecule has 0 unspecified atom stereocenters. The molecular formula is C32H42Cl2FeN2O2S. The first-order valence-corrected chi connectivity index (χ1v) is 17.5. The van der Waals surface area contributed by atoms with E-state index < -0.39 is 0 Å². The van der Waals surface area contributed by atoms with E-state index in [4.69, 9.17) is 39.7 Å². The van der Waals surface area contributed by atoms with E-state index in [0.717, 1.165) is 58.3 Å². The van der Waals surface area contributed by atoms with Crippen LogP contribution in [0.4, 0.5) is 11.4 Å². The molecule has 4 nitrogen and oxygen atoms in total. The quantitative estimate of drug-likeness (QED) is 0.112. The van der Waals surface area contributed by atoms with Gasteiger partial charge in [0.05, 0.1) is 34.3 Å². The summed E-state index contributed by atoms with van der Waals surface area (Å²) in [4.78, 5) is 11.8. The van der Waals surface area contributed by atoms with E-state index in [9.17, 15) is 0 Å². The van der Waals surface area contributed by atoms with Crippen molar-refractivity contribution in [1.29, 1.82) is 0 Å². The summed E-state index contributed by atoms with van der Waals surface area (Å²) in [5.41, 5.74) is 9.20. The van der Waals surface area contributed by atoms with Gasteiger partial charge >= 0.3 is 33.3 Å². The van der Waals surface area contributed by atoms with E-state index in [1.54, 1.807) is 11.3 Å². The van der Waals surface area contributed by atoms with Gasteiger partial charge in [0.2, 0.25) is 0 Å². The zero-order valence-electron chi connectivity index (χ0n) is 24.9. The summed E-state index contributed by atoms with van der Waals surface area (Å²) in [7, 11) is 9.53. The fourth-order valence-corrected chi connectivity index (χ4v) is 5.45. The predicted octanol–water partition coefficient (Wildman–Crippen LogP) is 10.8. The number of aryl methyl sites for hydroxylation is 6. The van der Waals surface area contributed by atoms with Crippen molar-refractivity contribution in [1.82, 2.24) is 0 Å². The Kier molecular flexibility index (Phi) is 15.4. The minimum absolute atomic E-state index is 0.194.